The van der Waals surface area contributed by atoms with E-state index in [0.29, 0.717) is 4.88 Å². The number of carbonyl (C=O) groups excluding carboxylic acids is 1. The van der Waals surface area contributed by atoms with Crippen LogP contribution in [0.5, 0.6) is 0 Å². The molecular weight excluding hydrogens is 224 g/mol. The van der Waals surface area contributed by atoms with Crippen molar-refractivity contribution in [1.29, 1.82) is 0 Å². The van der Waals surface area contributed by atoms with Crippen LogP contribution >= 0.6 is 11.3 Å². The molecule has 1 aliphatic rings. The number of anilines is 1. The molecule has 2 rings (SSSR count). The summed E-state index contributed by atoms with van der Waals surface area (Å²) in [6.07, 6.45) is 2.89. The zero-order valence-corrected chi connectivity index (χ0v) is 10.6. The van der Waals surface area contributed by atoms with Crippen LogP contribution in [0.3, 0.4) is 0 Å². The summed E-state index contributed by atoms with van der Waals surface area (Å²) in [4.78, 5) is 18.2. The molecule has 4 nitrogen and oxygen atoms in total. The van der Waals surface area contributed by atoms with Crippen LogP contribution < -0.4 is 4.90 Å². The zero-order valence-electron chi connectivity index (χ0n) is 9.77. The zero-order chi connectivity index (χ0) is 11.7. The molecule has 16 heavy (non-hydrogen) atoms. The molecule has 1 aliphatic carbocycles. The van der Waals surface area contributed by atoms with Crippen molar-refractivity contribution in [3.63, 3.8) is 0 Å². The summed E-state index contributed by atoms with van der Waals surface area (Å²) < 4.78 is 4.65. The lowest BCUT2D eigenvalue weighted by atomic mass is 10.3. The Bertz CT molecular complexity index is 391. The van der Waals surface area contributed by atoms with Crippen LogP contribution in [0.4, 0.5) is 5.13 Å². The number of aromatic nitrogens is 1. The number of methoxy groups -OCH3 is 1. The van der Waals surface area contributed by atoms with Crippen molar-refractivity contribution in [3.8, 4) is 0 Å². The molecule has 0 saturated heterocycles. The predicted molar refractivity (Wildman–Crippen MR) is 64.0 cm³/mol. The molecule has 88 valence electrons. The van der Waals surface area contributed by atoms with E-state index in [9.17, 15) is 4.79 Å². The molecule has 1 saturated carbocycles. The van der Waals surface area contributed by atoms with E-state index < -0.39 is 0 Å². The lowest BCUT2D eigenvalue weighted by Gasteiger charge is -2.14. The fourth-order valence-electron chi connectivity index (χ4n) is 1.72. The highest BCUT2D eigenvalue weighted by Crippen LogP contribution is 2.39. The summed E-state index contributed by atoms with van der Waals surface area (Å²) in [7, 11) is 3.41. The number of rotatable bonds is 4. The van der Waals surface area contributed by atoms with E-state index in [1.807, 2.05) is 7.05 Å². The minimum absolute atomic E-state index is 0.308. The second-order valence-corrected chi connectivity index (χ2v) is 5.36. The maximum atomic E-state index is 11.3. The van der Waals surface area contributed by atoms with Crippen LogP contribution in [0.15, 0.2) is 6.20 Å². The maximum absolute atomic E-state index is 11.3. The Morgan fingerprint density at radius 1 is 1.75 bits per heavy atom. The molecule has 1 heterocycles. The van der Waals surface area contributed by atoms with Crippen LogP contribution in [0, 0.1) is 11.8 Å². The van der Waals surface area contributed by atoms with E-state index in [1.54, 1.807) is 6.20 Å². The van der Waals surface area contributed by atoms with E-state index in [4.69, 9.17) is 0 Å². The number of thiazole rings is 1. The van der Waals surface area contributed by atoms with Crippen molar-refractivity contribution >= 4 is 22.4 Å². The van der Waals surface area contributed by atoms with Gasteiger partial charge >= 0.3 is 5.97 Å². The first-order valence-electron chi connectivity index (χ1n) is 5.37. The van der Waals surface area contributed by atoms with Crippen molar-refractivity contribution in [2.45, 2.75) is 13.3 Å². The van der Waals surface area contributed by atoms with Gasteiger partial charge in [0, 0.05) is 13.6 Å². The van der Waals surface area contributed by atoms with Crippen molar-refractivity contribution in [3.05, 3.63) is 11.1 Å². The molecule has 2 unspecified atom stereocenters. The molecule has 0 N–H and O–H groups in total. The monoisotopic (exact) mass is 240 g/mol. The molecule has 0 aliphatic heterocycles. The Hall–Kier alpha value is -1.10. The van der Waals surface area contributed by atoms with E-state index in [-0.39, 0.29) is 5.97 Å². The molecule has 1 aromatic rings. The fourth-order valence-corrected chi connectivity index (χ4v) is 2.52. The maximum Gasteiger partial charge on any atom is 0.349 e. The number of carbonyl (C=O) groups is 1. The standard InChI is InChI=1S/C11H16N2O2S/c1-7-4-8(7)6-13(2)11-12-5-9(16-11)10(14)15-3/h5,7-8H,4,6H2,1-3H3. The smallest absolute Gasteiger partial charge is 0.349 e. The summed E-state index contributed by atoms with van der Waals surface area (Å²) in [5.41, 5.74) is 0. The van der Waals surface area contributed by atoms with Crippen LogP contribution in [-0.2, 0) is 4.74 Å². The molecule has 2 atom stereocenters. The van der Waals surface area contributed by atoms with E-state index in [2.05, 4.69) is 21.5 Å². The summed E-state index contributed by atoms with van der Waals surface area (Å²) in [5, 5.41) is 0.888. The third kappa shape index (κ3) is 2.35. The van der Waals surface area contributed by atoms with Crippen molar-refractivity contribution < 1.29 is 9.53 Å². The number of esters is 1. The number of hydrogen-bond donors (Lipinski definition) is 0. The van der Waals surface area contributed by atoms with Gasteiger partial charge in [-0.15, -0.1) is 0 Å². The third-order valence-electron chi connectivity index (χ3n) is 2.99. The van der Waals surface area contributed by atoms with Gasteiger partial charge in [0.1, 0.15) is 4.88 Å². The molecule has 0 radical (unpaired) electrons. The Balaban J connectivity index is 1.98. The second kappa shape index (κ2) is 4.41. The van der Waals surface area contributed by atoms with Crippen LogP contribution in [0.1, 0.15) is 23.0 Å². The van der Waals surface area contributed by atoms with Crippen molar-refractivity contribution in [1.82, 2.24) is 4.98 Å². The predicted octanol–water partition coefficient (Wildman–Crippen LogP) is 2.02. The van der Waals surface area contributed by atoms with E-state index in [0.717, 1.165) is 23.5 Å². The highest BCUT2D eigenvalue weighted by Gasteiger charge is 2.33. The third-order valence-corrected chi connectivity index (χ3v) is 4.08. The van der Waals surface area contributed by atoms with Gasteiger partial charge in [0.25, 0.3) is 0 Å². The van der Waals surface area contributed by atoms with Gasteiger partial charge in [-0.2, -0.15) is 0 Å². The molecule has 0 amide bonds. The van der Waals surface area contributed by atoms with E-state index in [1.165, 1.54) is 24.9 Å². The number of hydrogen-bond acceptors (Lipinski definition) is 5. The van der Waals surface area contributed by atoms with Gasteiger partial charge in [0.05, 0.1) is 13.3 Å². The highest BCUT2D eigenvalue weighted by molar-refractivity contribution is 7.17. The Morgan fingerprint density at radius 2 is 2.44 bits per heavy atom. The average Bonchev–Trinajstić information content (AvgIpc) is 2.81. The lowest BCUT2D eigenvalue weighted by Crippen LogP contribution is -2.20. The van der Waals surface area contributed by atoms with Gasteiger partial charge in [-0.05, 0) is 18.3 Å². The Labute approximate surface area is 99.2 Å². The molecular formula is C11H16N2O2S. The van der Waals surface area contributed by atoms with Crippen LogP contribution in [0.25, 0.3) is 0 Å². The first-order valence-corrected chi connectivity index (χ1v) is 6.18. The normalized spacial score (nSPS) is 22.9. The summed E-state index contributed by atoms with van der Waals surface area (Å²) >= 11 is 1.38. The van der Waals surface area contributed by atoms with Gasteiger partial charge in [-0.25, -0.2) is 9.78 Å². The fraction of sp³-hybridized carbons (Fsp3) is 0.636. The van der Waals surface area contributed by atoms with Crippen molar-refractivity contribution in [2.75, 3.05) is 25.6 Å². The van der Waals surface area contributed by atoms with Crippen LogP contribution in [-0.4, -0.2) is 31.7 Å². The van der Waals surface area contributed by atoms with Gasteiger partial charge in [0.2, 0.25) is 0 Å². The Morgan fingerprint density at radius 3 is 3.00 bits per heavy atom. The topological polar surface area (TPSA) is 42.4 Å². The molecule has 1 aromatic heterocycles. The van der Waals surface area contributed by atoms with Gasteiger partial charge in [0.15, 0.2) is 5.13 Å². The lowest BCUT2D eigenvalue weighted by molar-refractivity contribution is 0.0606. The van der Waals surface area contributed by atoms with Gasteiger partial charge in [-0.1, -0.05) is 18.3 Å². The molecule has 0 aromatic carbocycles. The van der Waals surface area contributed by atoms with Crippen LogP contribution in [0.2, 0.25) is 0 Å². The molecule has 1 fully saturated rings. The van der Waals surface area contributed by atoms with Crippen molar-refractivity contribution in [2.24, 2.45) is 11.8 Å². The van der Waals surface area contributed by atoms with Gasteiger partial charge < -0.3 is 9.64 Å². The molecule has 0 spiro atoms. The highest BCUT2D eigenvalue weighted by atomic mass is 32.1. The first-order chi connectivity index (χ1) is 7.61. The summed E-state index contributed by atoms with van der Waals surface area (Å²) in [6.45, 7) is 3.29. The molecule has 0 bridgehead atoms. The van der Waals surface area contributed by atoms with Gasteiger partial charge in [-0.3, -0.25) is 0 Å². The number of nitrogens with zero attached hydrogens (tertiary/aromatic N) is 2. The SMILES string of the molecule is COC(=O)c1cnc(N(C)CC2CC2C)s1. The Kier molecular flexibility index (Phi) is 3.14. The minimum atomic E-state index is -0.308. The second-order valence-electron chi connectivity index (χ2n) is 4.35. The average molecular weight is 240 g/mol. The summed E-state index contributed by atoms with van der Waals surface area (Å²) in [6, 6.07) is 0. The minimum Gasteiger partial charge on any atom is -0.465 e. The first kappa shape index (κ1) is 11.4. The van der Waals surface area contributed by atoms with E-state index >= 15 is 0 Å². The number of ether oxygens (including phenoxy) is 1. The molecule has 5 heteroatoms. The summed E-state index contributed by atoms with van der Waals surface area (Å²) in [5.74, 6) is 1.31. The quantitative estimate of drug-likeness (QED) is 0.755. The largest absolute Gasteiger partial charge is 0.465 e.